The predicted octanol–water partition coefficient (Wildman–Crippen LogP) is 2.35. The number of hydrogen-bond donors (Lipinski definition) is 1. The smallest absolute Gasteiger partial charge is 0.410 e. The van der Waals surface area contributed by atoms with Gasteiger partial charge in [0, 0.05) is 32.6 Å². The van der Waals surface area contributed by atoms with Crippen molar-refractivity contribution in [2.75, 3.05) is 26.2 Å². The quantitative estimate of drug-likeness (QED) is 0.923. The molecule has 2 saturated heterocycles. The van der Waals surface area contributed by atoms with Gasteiger partial charge in [0.15, 0.2) is 0 Å². The van der Waals surface area contributed by atoms with Gasteiger partial charge in [-0.1, -0.05) is 30.3 Å². The van der Waals surface area contributed by atoms with Gasteiger partial charge >= 0.3 is 6.09 Å². The first kappa shape index (κ1) is 17.2. The van der Waals surface area contributed by atoms with Crippen molar-refractivity contribution in [2.45, 2.75) is 39.0 Å². The average Bonchev–Trinajstić information content (AvgIpc) is 3.05. The molecule has 3 unspecified atom stereocenters. The van der Waals surface area contributed by atoms with Gasteiger partial charge < -0.3 is 14.7 Å². The van der Waals surface area contributed by atoms with Gasteiger partial charge in [-0.05, 0) is 38.2 Å². The molecule has 1 aromatic carbocycles. The van der Waals surface area contributed by atoms with E-state index in [1.807, 2.05) is 56.0 Å². The summed E-state index contributed by atoms with van der Waals surface area (Å²) in [5.41, 5.74) is 0.699. The Bertz CT molecular complexity index is 556. The van der Waals surface area contributed by atoms with E-state index in [0.29, 0.717) is 18.3 Å². The molecule has 1 amide bonds. The lowest BCUT2D eigenvalue weighted by molar-refractivity contribution is 0.00872. The number of rotatable bonds is 3. The maximum Gasteiger partial charge on any atom is 0.410 e. The van der Waals surface area contributed by atoms with Crippen molar-refractivity contribution >= 4 is 6.09 Å². The number of amides is 1. The molecule has 0 radical (unpaired) electrons. The normalized spacial score (nSPS) is 25.6. The average molecular weight is 332 g/mol. The van der Waals surface area contributed by atoms with Gasteiger partial charge in [-0.2, -0.15) is 0 Å². The summed E-state index contributed by atoms with van der Waals surface area (Å²) in [6.45, 7) is 8.83. The highest BCUT2D eigenvalue weighted by Crippen LogP contribution is 2.33. The third-order valence-corrected chi connectivity index (χ3v) is 4.85. The van der Waals surface area contributed by atoms with E-state index in [1.165, 1.54) is 0 Å². The fourth-order valence-electron chi connectivity index (χ4n) is 3.70. The van der Waals surface area contributed by atoms with Crippen LogP contribution in [0.5, 0.6) is 0 Å². The summed E-state index contributed by atoms with van der Waals surface area (Å²) in [7, 11) is 0. The van der Waals surface area contributed by atoms with Crippen LogP contribution in [0.3, 0.4) is 0 Å². The van der Waals surface area contributed by atoms with Gasteiger partial charge in [0.05, 0.1) is 0 Å². The highest BCUT2D eigenvalue weighted by atomic mass is 16.6. The van der Waals surface area contributed by atoms with Crippen molar-refractivity contribution in [1.82, 2.24) is 9.80 Å². The molecule has 2 heterocycles. The number of hydrogen-bond acceptors (Lipinski definition) is 4. The minimum absolute atomic E-state index is 0.215. The molecule has 24 heavy (non-hydrogen) atoms. The molecule has 0 aliphatic carbocycles. The molecule has 0 aromatic heterocycles. The molecule has 132 valence electrons. The number of carbonyl (C=O) groups excluding carboxylic acids is 1. The SMILES string of the molecule is CC(C)(C)OC(=O)N1CC2CN(C(O)Cc3ccccc3)CC2C1. The second-order valence-electron chi connectivity index (χ2n) is 8.03. The molecule has 0 spiro atoms. The van der Waals surface area contributed by atoms with Crippen molar-refractivity contribution in [3.05, 3.63) is 35.9 Å². The maximum atomic E-state index is 12.2. The molecule has 3 atom stereocenters. The van der Waals surface area contributed by atoms with Gasteiger partial charge in [0.25, 0.3) is 0 Å². The highest BCUT2D eigenvalue weighted by Gasteiger charge is 2.44. The lowest BCUT2D eigenvalue weighted by atomic mass is 10.0. The Kier molecular flexibility index (Phi) is 4.83. The number of aliphatic hydroxyl groups is 1. The fourth-order valence-corrected chi connectivity index (χ4v) is 3.70. The molecule has 1 aromatic rings. The van der Waals surface area contributed by atoms with Crippen molar-refractivity contribution in [2.24, 2.45) is 11.8 Å². The summed E-state index contributed by atoms with van der Waals surface area (Å²) in [5.74, 6) is 0.867. The summed E-state index contributed by atoms with van der Waals surface area (Å²) < 4.78 is 5.46. The predicted molar refractivity (Wildman–Crippen MR) is 92.5 cm³/mol. The number of ether oxygens (including phenoxy) is 1. The Morgan fingerprint density at radius 1 is 1.17 bits per heavy atom. The second kappa shape index (κ2) is 6.73. The molecule has 0 saturated carbocycles. The largest absolute Gasteiger partial charge is 0.444 e. The zero-order valence-electron chi connectivity index (χ0n) is 14.8. The van der Waals surface area contributed by atoms with Crippen LogP contribution in [0.15, 0.2) is 30.3 Å². The van der Waals surface area contributed by atoms with Gasteiger partial charge in [-0.15, -0.1) is 0 Å². The monoisotopic (exact) mass is 332 g/mol. The molecule has 2 aliphatic heterocycles. The lowest BCUT2D eigenvalue weighted by Crippen LogP contribution is -2.40. The standard InChI is InChI=1S/C19H28N2O3/c1-19(2,3)24-18(23)21-12-15-10-20(11-16(15)13-21)17(22)9-14-7-5-4-6-8-14/h4-8,15-17,22H,9-13H2,1-3H3. The van der Waals surface area contributed by atoms with Crippen molar-refractivity contribution in [1.29, 1.82) is 0 Å². The Balaban J connectivity index is 1.51. The summed E-state index contributed by atoms with van der Waals surface area (Å²) in [6, 6.07) is 10.1. The van der Waals surface area contributed by atoms with E-state index in [4.69, 9.17) is 4.74 Å². The number of aliphatic hydroxyl groups excluding tert-OH is 1. The minimum atomic E-state index is -0.452. The van der Waals surface area contributed by atoms with Crippen molar-refractivity contribution in [3.8, 4) is 0 Å². The molecule has 1 N–H and O–H groups in total. The summed E-state index contributed by atoms with van der Waals surface area (Å²) in [4.78, 5) is 16.2. The van der Waals surface area contributed by atoms with Crippen LogP contribution in [0.2, 0.25) is 0 Å². The van der Waals surface area contributed by atoms with Gasteiger partial charge in [-0.3, -0.25) is 4.90 Å². The topological polar surface area (TPSA) is 53.0 Å². The van der Waals surface area contributed by atoms with Gasteiger partial charge in [0.2, 0.25) is 0 Å². The van der Waals surface area contributed by atoms with Crippen LogP contribution in [0, 0.1) is 11.8 Å². The van der Waals surface area contributed by atoms with Crippen LogP contribution in [-0.4, -0.2) is 59.0 Å². The van der Waals surface area contributed by atoms with E-state index in [2.05, 4.69) is 4.90 Å². The van der Waals surface area contributed by atoms with Crippen molar-refractivity contribution < 1.29 is 14.6 Å². The van der Waals surface area contributed by atoms with Crippen molar-refractivity contribution in [3.63, 3.8) is 0 Å². The molecular formula is C19H28N2O3. The Morgan fingerprint density at radius 3 is 2.29 bits per heavy atom. The third kappa shape index (κ3) is 4.08. The minimum Gasteiger partial charge on any atom is -0.444 e. The lowest BCUT2D eigenvalue weighted by Gasteiger charge is -2.27. The van der Waals surface area contributed by atoms with Crippen LogP contribution >= 0.6 is 0 Å². The number of fused-ring (bicyclic) bond motifs is 1. The zero-order valence-corrected chi connectivity index (χ0v) is 14.8. The molecule has 5 heteroatoms. The number of carbonyl (C=O) groups is 1. The summed E-state index contributed by atoms with van der Waals surface area (Å²) in [6.07, 6.45) is -0.0166. The van der Waals surface area contributed by atoms with Gasteiger partial charge in [-0.25, -0.2) is 4.79 Å². The van der Waals surface area contributed by atoms with Crippen LogP contribution < -0.4 is 0 Å². The first-order valence-electron chi connectivity index (χ1n) is 8.76. The Morgan fingerprint density at radius 2 is 1.75 bits per heavy atom. The molecule has 5 nitrogen and oxygen atoms in total. The Hall–Kier alpha value is -1.59. The number of benzene rings is 1. The molecular weight excluding hydrogens is 304 g/mol. The summed E-state index contributed by atoms with van der Waals surface area (Å²) in [5, 5.41) is 10.5. The van der Waals surface area contributed by atoms with Gasteiger partial charge in [0.1, 0.15) is 11.8 Å². The second-order valence-corrected chi connectivity index (χ2v) is 8.03. The summed E-state index contributed by atoms with van der Waals surface area (Å²) >= 11 is 0. The molecule has 2 aliphatic rings. The zero-order chi connectivity index (χ0) is 17.3. The van der Waals surface area contributed by atoms with E-state index in [9.17, 15) is 9.90 Å². The maximum absolute atomic E-state index is 12.2. The molecule has 3 rings (SSSR count). The van der Waals surface area contributed by atoms with Crippen LogP contribution in [0.25, 0.3) is 0 Å². The highest BCUT2D eigenvalue weighted by molar-refractivity contribution is 5.68. The van der Waals surface area contributed by atoms with E-state index >= 15 is 0 Å². The number of nitrogens with zero attached hydrogens (tertiary/aromatic N) is 2. The first-order chi connectivity index (χ1) is 11.3. The van der Waals surface area contributed by atoms with Crippen LogP contribution in [0.1, 0.15) is 26.3 Å². The fraction of sp³-hybridized carbons (Fsp3) is 0.632. The van der Waals surface area contributed by atoms with E-state index in [0.717, 1.165) is 31.7 Å². The van der Waals surface area contributed by atoms with Crippen LogP contribution in [-0.2, 0) is 11.2 Å². The third-order valence-electron chi connectivity index (χ3n) is 4.85. The Labute approximate surface area is 144 Å². The number of likely N-dealkylation sites (tertiary alicyclic amines) is 2. The molecule has 2 fully saturated rings. The van der Waals surface area contributed by atoms with E-state index in [-0.39, 0.29) is 6.09 Å². The van der Waals surface area contributed by atoms with Crippen LogP contribution in [0.4, 0.5) is 4.79 Å². The van der Waals surface area contributed by atoms with E-state index in [1.54, 1.807) is 0 Å². The van der Waals surface area contributed by atoms with E-state index < -0.39 is 11.8 Å². The first-order valence-corrected chi connectivity index (χ1v) is 8.76. The molecule has 0 bridgehead atoms.